The molecule has 1 aliphatic heterocycles. The molecule has 0 saturated heterocycles. The van der Waals surface area contributed by atoms with Crippen LogP contribution < -0.4 is 10.5 Å². The van der Waals surface area contributed by atoms with Crippen molar-refractivity contribution in [2.45, 2.75) is 38.1 Å². The second kappa shape index (κ2) is 4.82. The lowest BCUT2D eigenvalue weighted by Crippen LogP contribution is -2.49. The number of hydrogen-bond acceptors (Lipinski definition) is 4. The van der Waals surface area contributed by atoms with Crippen LogP contribution >= 0.6 is 11.3 Å². The molecule has 2 aromatic rings. The monoisotopic (exact) mass is 300 g/mol. The highest BCUT2D eigenvalue weighted by molar-refractivity contribution is 7.12. The number of aromatic nitrogens is 1. The molecule has 3 nitrogen and oxygen atoms in total. The predicted octanol–water partition coefficient (Wildman–Crippen LogP) is 3.25. The van der Waals surface area contributed by atoms with Crippen molar-refractivity contribution in [3.05, 3.63) is 45.4 Å². The van der Waals surface area contributed by atoms with Gasteiger partial charge in [0.05, 0.1) is 12.3 Å². The second-order valence-corrected chi connectivity index (χ2v) is 7.26. The van der Waals surface area contributed by atoms with Gasteiger partial charge in [0.2, 0.25) is 0 Å². The first-order chi connectivity index (χ1) is 10.2. The van der Waals surface area contributed by atoms with E-state index in [1.807, 2.05) is 29.5 Å². The van der Waals surface area contributed by atoms with Gasteiger partial charge in [-0.3, -0.25) is 0 Å². The predicted molar refractivity (Wildman–Crippen MR) is 84.8 cm³/mol. The van der Waals surface area contributed by atoms with E-state index in [1.165, 1.54) is 23.4 Å². The van der Waals surface area contributed by atoms with E-state index in [0.29, 0.717) is 6.61 Å². The fourth-order valence-electron chi connectivity index (χ4n) is 3.40. The fourth-order valence-corrected chi connectivity index (χ4v) is 4.78. The standard InChI is InChI=1S/C17H20N2OS/c1-11-10-20-14-8-4-2-6-12(14)17(11,18)16-19-13-7-3-5-9-15(13)21-16/h2,4,6,8,11H,3,5,7,9-10,18H2,1H3. The summed E-state index contributed by atoms with van der Waals surface area (Å²) >= 11 is 1.82. The molecule has 2 atom stereocenters. The lowest BCUT2D eigenvalue weighted by molar-refractivity contribution is 0.167. The van der Waals surface area contributed by atoms with Crippen molar-refractivity contribution in [2.75, 3.05) is 6.61 Å². The number of para-hydroxylation sites is 1. The molecule has 110 valence electrons. The number of fused-ring (bicyclic) bond motifs is 2. The van der Waals surface area contributed by atoms with Crippen molar-refractivity contribution in [1.82, 2.24) is 4.98 Å². The summed E-state index contributed by atoms with van der Waals surface area (Å²) in [6.45, 7) is 2.81. The second-order valence-electron chi connectivity index (χ2n) is 6.17. The van der Waals surface area contributed by atoms with Crippen LogP contribution in [0.4, 0.5) is 0 Å². The third-order valence-corrected chi connectivity index (χ3v) is 6.11. The average molecular weight is 300 g/mol. The van der Waals surface area contributed by atoms with Crippen molar-refractivity contribution in [2.24, 2.45) is 11.7 Å². The van der Waals surface area contributed by atoms with Crippen LogP contribution in [0.1, 0.15) is 40.9 Å². The molecule has 0 radical (unpaired) electrons. The fraction of sp³-hybridized carbons (Fsp3) is 0.471. The number of thiazole rings is 1. The van der Waals surface area contributed by atoms with Crippen molar-refractivity contribution in [1.29, 1.82) is 0 Å². The maximum Gasteiger partial charge on any atom is 0.124 e. The maximum absolute atomic E-state index is 6.92. The average Bonchev–Trinajstić information content (AvgIpc) is 2.96. The molecule has 1 aliphatic carbocycles. The number of aryl methyl sites for hydroxylation is 2. The highest BCUT2D eigenvalue weighted by atomic mass is 32.1. The van der Waals surface area contributed by atoms with Gasteiger partial charge in [0.15, 0.2) is 0 Å². The maximum atomic E-state index is 6.92. The molecule has 0 saturated carbocycles. The van der Waals surface area contributed by atoms with Gasteiger partial charge in [0, 0.05) is 16.4 Å². The Labute approximate surface area is 129 Å². The van der Waals surface area contributed by atoms with Gasteiger partial charge in [-0.25, -0.2) is 4.98 Å². The van der Waals surface area contributed by atoms with Crippen LogP contribution in [0.5, 0.6) is 5.75 Å². The van der Waals surface area contributed by atoms with Gasteiger partial charge in [0.25, 0.3) is 0 Å². The number of hydrogen-bond donors (Lipinski definition) is 1. The lowest BCUT2D eigenvalue weighted by atomic mass is 9.78. The summed E-state index contributed by atoms with van der Waals surface area (Å²) in [7, 11) is 0. The molecular weight excluding hydrogens is 280 g/mol. The molecule has 21 heavy (non-hydrogen) atoms. The van der Waals surface area contributed by atoms with Gasteiger partial charge >= 0.3 is 0 Å². The first kappa shape index (κ1) is 13.3. The van der Waals surface area contributed by atoms with Gasteiger partial charge in [-0.2, -0.15) is 0 Å². The van der Waals surface area contributed by atoms with Crippen molar-refractivity contribution < 1.29 is 4.74 Å². The summed E-state index contributed by atoms with van der Waals surface area (Å²) < 4.78 is 5.85. The zero-order valence-corrected chi connectivity index (χ0v) is 13.1. The van der Waals surface area contributed by atoms with Crippen LogP contribution in [-0.2, 0) is 18.4 Å². The molecule has 4 rings (SSSR count). The van der Waals surface area contributed by atoms with Crippen molar-refractivity contribution in [3.8, 4) is 5.75 Å². The molecular formula is C17H20N2OS. The third-order valence-electron chi connectivity index (χ3n) is 4.80. The summed E-state index contributed by atoms with van der Waals surface area (Å²) in [5, 5.41) is 1.07. The van der Waals surface area contributed by atoms with Crippen LogP contribution in [0, 0.1) is 5.92 Å². The SMILES string of the molecule is CC1COc2ccccc2C1(N)c1nc2c(s1)CCCC2. The Bertz CT molecular complexity index is 658. The van der Waals surface area contributed by atoms with E-state index in [4.69, 9.17) is 15.5 Å². The van der Waals surface area contributed by atoms with E-state index >= 15 is 0 Å². The van der Waals surface area contributed by atoms with Gasteiger partial charge in [-0.15, -0.1) is 11.3 Å². The highest BCUT2D eigenvalue weighted by Crippen LogP contribution is 2.45. The van der Waals surface area contributed by atoms with Gasteiger partial charge in [0.1, 0.15) is 16.3 Å². The largest absolute Gasteiger partial charge is 0.493 e. The topological polar surface area (TPSA) is 48.1 Å². The van der Waals surface area contributed by atoms with E-state index in [0.717, 1.165) is 29.2 Å². The Balaban J connectivity index is 1.87. The number of benzene rings is 1. The first-order valence-electron chi connectivity index (χ1n) is 7.70. The normalized spacial score (nSPS) is 27.6. The number of ether oxygens (including phenoxy) is 1. The summed E-state index contributed by atoms with van der Waals surface area (Å²) in [5.74, 6) is 1.13. The van der Waals surface area contributed by atoms with Gasteiger partial charge in [-0.1, -0.05) is 25.1 Å². The van der Waals surface area contributed by atoms with Crippen molar-refractivity contribution in [3.63, 3.8) is 0 Å². The van der Waals surface area contributed by atoms with Crippen molar-refractivity contribution >= 4 is 11.3 Å². The van der Waals surface area contributed by atoms with E-state index < -0.39 is 5.54 Å². The molecule has 1 aromatic carbocycles. The summed E-state index contributed by atoms with van der Waals surface area (Å²) in [4.78, 5) is 6.38. The first-order valence-corrected chi connectivity index (χ1v) is 8.51. The quantitative estimate of drug-likeness (QED) is 0.879. The number of nitrogens with zero attached hydrogens (tertiary/aromatic N) is 1. The molecule has 2 N–H and O–H groups in total. The summed E-state index contributed by atoms with van der Waals surface area (Å²) in [6, 6.07) is 8.14. The molecule has 0 spiro atoms. The lowest BCUT2D eigenvalue weighted by Gasteiger charge is -2.39. The Morgan fingerprint density at radius 3 is 2.95 bits per heavy atom. The van der Waals surface area contributed by atoms with E-state index in [-0.39, 0.29) is 5.92 Å². The number of rotatable bonds is 1. The molecule has 2 unspecified atom stereocenters. The van der Waals surface area contributed by atoms with Crippen LogP contribution in [0.3, 0.4) is 0 Å². The molecule has 1 aromatic heterocycles. The van der Waals surface area contributed by atoms with E-state index in [1.54, 1.807) is 0 Å². The number of nitrogens with two attached hydrogens (primary N) is 1. The smallest absolute Gasteiger partial charge is 0.124 e. The summed E-state index contributed by atoms with van der Waals surface area (Å²) in [5.41, 5.74) is 8.76. The minimum absolute atomic E-state index is 0.222. The van der Waals surface area contributed by atoms with Gasteiger partial charge < -0.3 is 10.5 Å². The van der Waals surface area contributed by atoms with Crippen LogP contribution in [-0.4, -0.2) is 11.6 Å². The minimum atomic E-state index is -0.517. The van der Waals surface area contributed by atoms with Crippen LogP contribution in [0.25, 0.3) is 0 Å². The van der Waals surface area contributed by atoms with Crippen LogP contribution in [0.2, 0.25) is 0 Å². The Morgan fingerprint density at radius 1 is 1.29 bits per heavy atom. The molecule has 4 heteroatoms. The summed E-state index contributed by atoms with van der Waals surface area (Å²) in [6.07, 6.45) is 4.80. The van der Waals surface area contributed by atoms with Gasteiger partial charge in [-0.05, 0) is 31.7 Å². The zero-order chi connectivity index (χ0) is 14.4. The minimum Gasteiger partial charge on any atom is -0.493 e. The Kier molecular flexibility index (Phi) is 3.05. The van der Waals surface area contributed by atoms with E-state index in [9.17, 15) is 0 Å². The Morgan fingerprint density at radius 2 is 2.10 bits per heavy atom. The zero-order valence-electron chi connectivity index (χ0n) is 12.3. The van der Waals surface area contributed by atoms with Crippen LogP contribution in [0.15, 0.2) is 24.3 Å². The van der Waals surface area contributed by atoms with E-state index in [2.05, 4.69) is 13.0 Å². The molecule has 0 amide bonds. The Hall–Kier alpha value is -1.39. The highest BCUT2D eigenvalue weighted by Gasteiger charge is 2.44. The molecule has 0 bridgehead atoms. The third kappa shape index (κ3) is 1.93. The molecule has 0 fully saturated rings. The molecule has 2 aliphatic rings. The molecule has 2 heterocycles.